The van der Waals surface area contributed by atoms with Crippen molar-refractivity contribution in [3.05, 3.63) is 34.6 Å². The molecule has 2 aliphatic carbocycles. The van der Waals surface area contributed by atoms with Crippen molar-refractivity contribution in [2.45, 2.75) is 57.2 Å². The van der Waals surface area contributed by atoms with E-state index in [2.05, 4.69) is 4.90 Å². The number of hydrogen-bond donors (Lipinski definition) is 3. The highest BCUT2D eigenvalue weighted by Crippen LogP contribution is 2.45. The maximum atomic E-state index is 14.3. The van der Waals surface area contributed by atoms with Gasteiger partial charge in [0.25, 0.3) is 5.91 Å². The van der Waals surface area contributed by atoms with Crippen LogP contribution in [-0.4, -0.2) is 33.3 Å². The molecule has 3 aliphatic rings. The van der Waals surface area contributed by atoms with E-state index in [4.69, 9.17) is 5.21 Å². The predicted octanol–water partition coefficient (Wildman–Crippen LogP) is 2.59. The van der Waals surface area contributed by atoms with Crippen LogP contribution in [-0.2, 0) is 13.1 Å². The van der Waals surface area contributed by atoms with Gasteiger partial charge < -0.3 is 5.11 Å². The molecule has 5 nitrogen and oxygen atoms in total. The van der Waals surface area contributed by atoms with E-state index < -0.39 is 17.3 Å². The van der Waals surface area contributed by atoms with E-state index in [-0.39, 0.29) is 5.56 Å². The Morgan fingerprint density at radius 1 is 1.28 bits per heavy atom. The molecule has 136 valence electrons. The minimum Gasteiger partial charge on any atom is -0.389 e. The molecule has 1 heterocycles. The summed E-state index contributed by atoms with van der Waals surface area (Å²) < 4.78 is 14.3. The first kappa shape index (κ1) is 16.9. The number of hydrogen-bond acceptors (Lipinski definition) is 4. The molecule has 1 aromatic rings. The van der Waals surface area contributed by atoms with Gasteiger partial charge >= 0.3 is 0 Å². The number of halogens is 1. The molecule has 0 radical (unpaired) electrons. The highest BCUT2D eigenvalue weighted by Gasteiger charge is 2.42. The molecule has 1 aliphatic heterocycles. The lowest BCUT2D eigenvalue weighted by atomic mass is 9.66. The summed E-state index contributed by atoms with van der Waals surface area (Å²) in [5.41, 5.74) is 2.33. The van der Waals surface area contributed by atoms with Crippen LogP contribution in [0.2, 0.25) is 0 Å². The summed E-state index contributed by atoms with van der Waals surface area (Å²) in [7, 11) is 0. The van der Waals surface area contributed by atoms with E-state index in [1.165, 1.54) is 25.7 Å². The van der Waals surface area contributed by atoms with Crippen molar-refractivity contribution in [2.24, 2.45) is 11.8 Å². The normalized spacial score (nSPS) is 31.6. The van der Waals surface area contributed by atoms with Crippen LogP contribution in [0.4, 0.5) is 4.39 Å². The molecule has 25 heavy (non-hydrogen) atoms. The standard InChI is InChI=1S/C19H25FN2O3/c20-17-6-14(18(23)21-25)5-15-9-22(10-16(15)17)11-19(24)7-12-2-1-3-13(4-12)8-19/h5-6,12-13,24-25H,1-4,7-11H2,(H,21,23). The van der Waals surface area contributed by atoms with Crippen LogP contribution in [0.15, 0.2) is 12.1 Å². The summed E-state index contributed by atoms with van der Waals surface area (Å²) >= 11 is 0. The average Bonchev–Trinajstić information content (AvgIpc) is 2.95. The molecule has 2 unspecified atom stereocenters. The molecule has 3 N–H and O–H groups in total. The summed E-state index contributed by atoms with van der Waals surface area (Å²) in [6.45, 7) is 1.53. The number of fused-ring (bicyclic) bond motifs is 3. The Kier molecular flexibility index (Phi) is 4.30. The van der Waals surface area contributed by atoms with Crippen LogP contribution in [0.3, 0.4) is 0 Å². The summed E-state index contributed by atoms with van der Waals surface area (Å²) in [6, 6.07) is 2.79. The fourth-order valence-electron chi connectivity index (χ4n) is 5.32. The zero-order chi connectivity index (χ0) is 17.6. The summed E-state index contributed by atoms with van der Waals surface area (Å²) in [5, 5.41) is 19.9. The summed E-state index contributed by atoms with van der Waals surface area (Å²) in [4.78, 5) is 13.6. The first-order valence-electron chi connectivity index (χ1n) is 9.16. The number of amides is 1. The minimum atomic E-state index is -0.709. The number of rotatable bonds is 3. The molecule has 0 saturated heterocycles. The zero-order valence-electron chi connectivity index (χ0n) is 14.3. The monoisotopic (exact) mass is 348 g/mol. The van der Waals surface area contributed by atoms with Gasteiger partial charge in [0, 0.05) is 30.8 Å². The SMILES string of the molecule is O=C(NO)c1cc(F)c2c(c1)CN(CC1(O)CC3CCCC(C3)C1)C2. The van der Waals surface area contributed by atoms with Crippen molar-refractivity contribution in [1.29, 1.82) is 0 Å². The van der Waals surface area contributed by atoms with Crippen LogP contribution >= 0.6 is 0 Å². The van der Waals surface area contributed by atoms with Crippen LogP contribution < -0.4 is 5.48 Å². The largest absolute Gasteiger partial charge is 0.389 e. The van der Waals surface area contributed by atoms with E-state index in [1.54, 1.807) is 11.5 Å². The number of β-amino-alcohol motifs (C(OH)–C–C–N with tert-alkyl or cyclic N) is 1. The number of carbonyl (C=O) groups is 1. The molecule has 0 aromatic heterocycles. The highest BCUT2D eigenvalue weighted by atomic mass is 19.1. The van der Waals surface area contributed by atoms with Gasteiger partial charge in [-0.05, 0) is 48.8 Å². The van der Waals surface area contributed by atoms with Crippen LogP contribution in [0.5, 0.6) is 0 Å². The van der Waals surface area contributed by atoms with Gasteiger partial charge in [0.05, 0.1) is 5.60 Å². The second-order valence-corrected chi connectivity index (χ2v) is 8.21. The molecular formula is C19H25FN2O3. The first-order valence-corrected chi connectivity index (χ1v) is 9.16. The number of benzene rings is 1. The Morgan fingerprint density at radius 2 is 2.00 bits per heavy atom. The number of hydroxylamine groups is 1. The third kappa shape index (κ3) is 3.30. The quantitative estimate of drug-likeness (QED) is 0.580. The van der Waals surface area contributed by atoms with E-state index in [1.807, 2.05) is 0 Å². The molecule has 2 saturated carbocycles. The van der Waals surface area contributed by atoms with Gasteiger partial charge in [0.1, 0.15) is 5.82 Å². The van der Waals surface area contributed by atoms with Gasteiger partial charge in [-0.1, -0.05) is 19.3 Å². The number of aliphatic hydroxyl groups is 1. The number of nitrogens with one attached hydrogen (secondary N) is 1. The van der Waals surface area contributed by atoms with Gasteiger partial charge in [-0.2, -0.15) is 0 Å². The second-order valence-electron chi connectivity index (χ2n) is 8.21. The predicted molar refractivity (Wildman–Crippen MR) is 89.4 cm³/mol. The molecular weight excluding hydrogens is 323 g/mol. The molecule has 2 atom stereocenters. The first-order chi connectivity index (χ1) is 12.0. The lowest BCUT2D eigenvalue weighted by Crippen LogP contribution is -2.48. The smallest absolute Gasteiger partial charge is 0.274 e. The van der Waals surface area contributed by atoms with Gasteiger partial charge in [0.2, 0.25) is 0 Å². The van der Waals surface area contributed by atoms with Crippen molar-refractivity contribution >= 4 is 5.91 Å². The van der Waals surface area contributed by atoms with E-state index in [0.717, 1.165) is 24.5 Å². The Morgan fingerprint density at radius 3 is 2.68 bits per heavy atom. The van der Waals surface area contributed by atoms with Crippen molar-refractivity contribution in [3.63, 3.8) is 0 Å². The fourth-order valence-corrected chi connectivity index (χ4v) is 5.32. The van der Waals surface area contributed by atoms with Crippen LogP contribution in [0.25, 0.3) is 0 Å². The number of nitrogens with zero attached hydrogens (tertiary/aromatic N) is 1. The van der Waals surface area contributed by atoms with Crippen molar-refractivity contribution < 1.29 is 19.5 Å². The minimum absolute atomic E-state index is 0.117. The Hall–Kier alpha value is -1.50. The van der Waals surface area contributed by atoms with E-state index >= 15 is 0 Å². The van der Waals surface area contributed by atoms with Crippen molar-refractivity contribution in [1.82, 2.24) is 10.4 Å². The Labute approximate surface area is 146 Å². The highest BCUT2D eigenvalue weighted by molar-refractivity contribution is 5.93. The van der Waals surface area contributed by atoms with Crippen molar-refractivity contribution in [3.8, 4) is 0 Å². The fraction of sp³-hybridized carbons (Fsp3) is 0.632. The molecule has 0 spiro atoms. The van der Waals surface area contributed by atoms with Gasteiger partial charge in [-0.25, -0.2) is 9.87 Å². The number of carbonyl (C=O) groups excluding carboxylic acids is 1. The molecule has 2 fully saturated rings. The maximum absolute atomic E-state index is 14.3. The zero-order valence-corrected chi connectivity index (χ0v) is 14.3. The van der Waals surface area contributed by atoms with E-state index in [9.17, 15) is 14.3 Å². The molecule has 2 bridgehead atoms. The van der Waals surface area contributed by atoms with Gasteiger partial charge in [0.15, 0.2) is 0 Å². The lowest BCUT2D eigenvalue weighted by Gasteiger charge is -2.45. The summed E-state index contributed by atoms with van der Waals surface area (Å²) in [6.07, 6.45) is 6.65. The van der Waals surface area contributed by atoms with Gasteiger partial charge in [-0.3, -0.25) is 14.9 Å². The topological polar surface area (TPSA) is 72.8 Å². The average molecular weight is 348 g/mol. The Balaban J connectivity index is 1.48. The maximum Gasteiger partial charge on any atom is 0.274 e. The molecule has 1 aromatic carbocycles. The van der Waals surface area contributed by atoms with Gasteiger partial charge in [-0.15, -0.1) is 0 Å². The third-order valence-corrected chi connectivity index (χ3v) is 6.17. The summed E-state index contributed by atoms with van der Waals surface area (Å²) in [5.74, 6) is 0.114. The van der Waals surface area contributed by atoms with Crippen LogP contribution in [0, 0.1) is 17.7 Å². The molecule has 6 heteroatoms. The molecule has 1 amide bonds. The molecule has 4 rings (SSSR count). The Bertz CT molecular complexity index is 681. The van der Waals surface area contributed by atoms with Crippen LogP contribution in [0.1, 0.15) is 60.0 Å². The van der Waals surface area contributed by atoms with E-state index in [0.29, 0.717) is 37.0 Å². The third-order valence-electron chi connectivity index (χ3n) is 6.17. The van der Waals surface area contributed by atoms with Crippen molar-refractivity contribution in [2.75, 3.05) is 6.54 Å². The lowest BCUT2D eigenvalue weighted by molar-refractivity contribution is -0.0725. The second kappa shape index (κ2) is 6.34.